The van der Waals surface area contributed by atoms with Crippen LogP contribution in [0, 0.1) is 5.92 Å². The number of hydrogen-bond acceptors (Lipinski definition) is 3. The first-order valence-electron chi connectivity index (χ1n) is 4.86. The highest BCUT2D eigenvalue weighted by Gasteiger charge is 2.37. The van der Waals surface area contributed by atoms with Gasteiger partial charge in [-0.25, -0.2) is 0 Å². The number of hydrogen-bond donors (Lipinski definition) is 0. The van der Waals surface area contributed by atoms with Crippen molar-refractivity contribution in [2.24, 2.45) is 5.92 Å². The zero-order valence-electron chi connectivity index (χ0n) is 9.00. The average molecular weight is 188 g/mol. The summed E-state index contributed by atoms with van der Waals surface area (Å²) in [6.07, 6.45) is 1.04. The molecule has 0 aromatic heterocycles. The summed E-state index contributed by atoms with van der Waals surface area (Å²) in [7, 11) is 1.68. The smallest absolute Gasteiger partial charge is 0.166 e. The van der Waals surface area contributed by atoms with Crippen LogP contribution in [0.5, 0.6) is 0 Å². The normalized spacial score (nSPS) is 34.4. The second kappa shape index (κ2) is 4.40. The lowest BCUT2D eigenvalue weighted by Gasteiger charge is -2.25. The minimum atomic E-state index is -0.392. The van der Waals surface area contributed by atoms with Crippen LogP contribution in [-0.4, -0.2) is 32.2 Å². The van der Waals surface area contributed by atoms with Crippen molar-refractivity contribution in [3.05, 3.63) is 0 Å². The Hall–Kier alpha value is -0.120. The van der Waals surface area contributed by atoms with Gasteiger partial charge in [-0.15, -0.1) is 0 Å². The van der Waals surface area contributed by atoms with E-state index in [-0.39, 0.29) is 6.10 Å². The molecule has 2 atom stereocenters. The van der Waals surface area contributed by atoms with E-state index in [1.54, 1.807) is 7.11 Å². The fraction of sp³-hybridized carbons (Fsp3) is 1.00. The van der Waals surface area contributed by atoms with Gasteiger partial charge in [-0.05, 0) is 12.8 Å². The van der Waals surface area contributed by atoms with E-state index in [1.165, 1.54) is 0 Å². The molecule has 0 aliphatic carbocycles. The molecule has 0 aromatic rings. The number of ether oxygens (including phenoxy) is 3. The summed E-state index contributed by atoms with van der Waals surface area (Å²) >= 11 is 0. The Balaban J connectivity index is 2.37. The Morgan fingerprint density at radius 1 is 1.54 bits per heavy atom. The topological polar surface area (TPSA) is 27.7 Å². The molecule has 2 unspecified atom stereocenters. The average Bonchev–Trinajstić information content (AvgIpc) is 2.31. The lowest BCUT2D eigenvalue weighted by atomic mass is 10.0. The van der Waals surface area contributed by atoms with Crippen LogP contribution in [-0.2, 0) is 14.2 Å². The Morgan fingerprint density at radius 3 is 2.77 bits per heavy atom. The molecule has 13 heavy (non-hydrogen) atoms. The summed E-state index contributed by atoms with van der Waals surface area (Å²) in [5, 5.41) is 0. The van der Waals surface area contributed by atoms with Gasteiger partial charge in [0.15, 0.2) is 5.79 Å². The highest BCUT2D eigenvalue weighted by molar-refractivity contribution is 4.75. The molecule has 1 aliphatic heterocycles. The molecule has 1 rings (SSSR count). The molecule has 1 aliphatic rings. The standard InChI is InChI=1S/C10H20O3/c1-8(2)5-10(3)12-7-9(13-10)6-11-4/h8-9H,5-7H2,1-4H3. The fourth-order valence-corrected chi connectivity index (χ4v) is 1.81. The zero-order valence-corrected chi connectivity index (χ0v) is 9.00. The van der Waals surface area contributed by atoms with Crippen molar-refractivity contribution in [1.82, 2.24) is 0 Å². The maximum atomic E-state index is 5.75. The van der Waals surface area contributed by atoms with Crippen LogP contribution in [0.2, 0.25) is 0 Å². The molecular weight excluding hydrogens is 168 g/mol. The molecule has 0 amide bonds. The van der Waals surface area contributed by atoms with Crippen molar-refractivity contribution < 1.29 is 14.2 Å². The third-order valence-electron chi connectivity index (χ3n) is 2.12. The second-order valence-electron chi connectivity index (χ2n) is 4.24. The predicted molar refractivity (Wildman–Crippen MR) is 50.6 cm³/mol. The van der Waals surface area contributed by atoms with Gasteiger partial charge in [0.25, 0.3) is 0 Å². The van der Waals surface area contributed by atoms with Crippen LogP contribution in [0.4, 0.5) is 0 Å². The molecule has 0 radical (unpaired) electrons. The van der Waals surface area contributed by atoms with Crippen LogP contribution in [0.25, 0.3) is 0 Å². The van der Waals surface area contributed by atoms with Gasteiger partial charge in [0.1, 0.15) is 6.10 Å². The monoisotopic (exact) mass is 188 g/mol. The van der Waals surface area contributed by atoms with Gasteiger partial charge >= 0.3 is 0 Å². The second-order valence-corrected chi connectivity index (χ2v) is 4.24. The van der Waals surface area contributed by atoms with E-state index in [1.807, 2.05) is 6.92 Å². The summed E-state index contributed by atoms with van der Waals surface area (Å²) < 4.78 is 16.4. The molecule has 3 heteroatoms. The Labute approximate surface area is 80.4 Å². The molecule has 1 fully saturated rings. The lowest BCUT2D eigenvalue weighted by molar-refractivity contribution is -0.168. The Morgan fingerprint density at radius 2 is 2.23 bits per heavy atom. The van der Waals surface area contributed by atoms with Crippen molar-refractivity contribution in [3.63, 3.8) is 0 Å². The van der Waals surface area contributed by atoms with E-state index in [0.717, 1.165) is 6.42 Å². The van der Waals surface area contributed by atoms with Crippen LogP contribution in [0.15, 0.2) is 0 Å². The molecule has 0 bridgehead atoms. The van der Waals surface area contributed by atoms with E-state index in [9.17, 15) is 0 Å². The van der Waals surface area contributed by atoms with Crippen molar-refractivity contribution in [3.8, 4) is 0 Å². The van der Waals surface area contributed by atoms with Crippen molar-refractivity contribution >= 4 is 0 Å². The summed E-state index contributed by atoms with van der Waals surface area (Å²) in [5.41, 5.74) is 0. The fourth-order valence-electron chi connectivity index (χ4n) is 1.81. The predicted octanol–water partition coefficient (Wildman–Crippen LogP) is 1.81. The maximum Gasteiger partial charge on any atom is 0.166 e. The first-order valence-corrected chi connectivity index (χ1v) is 4.86. The zero-order chi connectivity index (χ0) is 9.90. The van der Waals surface area contributed by atoms with E-state index in [0.29, 0.717) is 19.1 Å². The molecule has 1 heterocycles. The van der Waals surface area contributed by atoms with E-state index in [4.69, 9.17) is 14.2 Å². The lowest BCUT2D eigenvalue weighted by Crippen LogP contribution is -2.29. The maximum absolute atomic E-state index is 5.75. The van der Waals surface area contributed by atoms with Gasteiger partial charge in [-0.1, -0.05) is 13.8 Å². The first kappa shape index (κ1) is 11.0. The summed E-state index contributed by atoms with van der Waals surface area (Å²) in [6.45, 7) is 7.61. The summed E-state index contributed by atoms with van der Waals surface area (Å²) in [6, 6.07) is 0. The molecule has 0 N–H and O–H groups in total. The molecule has 1 saturated heterocycles. The van der Waals surface area contributed by atoms with Gasteiger partial charge < -0.3 is 14.2 Å². The molecule has 0 saturated carbocycles. The van der Waals surface area contributed by atoms with Gasteiger partial charge in [0.2, 0.25) is 0 Å². The number of rotatable bonds is 4. The van der Waals surface area contributed by atoms with E-state index < -0.39 is 5.79 Å². The summed E-state index contributed by atoms with van der Waals surface area (Å²) in [5.74, 6) is 0.198. The third-order valence-corrected chi connectivity index (χ3v) is 2.12. The highest BCUT2D eigenvalue weighted by Crippen LogP contribution is 2.29. The quantitative estimate of drug-likeness (QED) is 0.673. The van der Waals surface area contributed by atoms with Crippen molar-refractivity contribution in [2.45, 2.75) is 39.1 Å². The molecule has 0 spiro atoms. The van der Waals surface area contributed by atoms with E-state index in [2.05, 4.69) is 13.8 Å². The first-order chi connectivity index (χ1) is 6.06. The minimum absolute atomic E-state index is 0.105. The van der Waals surface area contributed by atoms with Gasteiger partial charge in [0.05, 0.1) is 13.2 Å². The molecule has 78 valence electrons. The van der Waals surface area contributed by atoms with Crippen LogP contribution in [0.3, 0.4) is 0 Å². The third kappa shape index (κ3) is 3.25. The Kier molecular flexibility index (Phi) is 3.71. The van der Waals surface area contributed by atoms with Crippen molar-refractivity contribution in [1.29, 1.82) is 0 Å². The van der Waals surface area contributed by atoms with Gasteiger partial charge in [-0.2, -0.15) is 0 Å². The minimum Gasteiger partial charge on any atom is -0.382 e. The van der Waals surface area contributed by atoms with Crippen molar-refractivity contribution in [2.75, 3.05) is 20.3 Å². The highest BCUT2D eigenvalue weighted by atomic mass is 16.7. The molecular formula is C10H20O3. The van der Waals surface area contributed by atoms with E-state index >= 15 is 0 Å². The van der Waals surface area contributed by atoms with Crippen LogP contribution >= 0.6 is 0 Å². The van der Waals surface area contributed by atoms with Gasteiger partial charge in [-0.3, -0.25) is 0 Å². The van der Waals surface area contributed by atoms with Crippen LogP contribution in [0.1, 0.15) is 27.2 Å². The largest absolute Gasteiger partial charge is 0.382 e. The van der Waals surface area contributed by atoms with Gasteiger partial charge in [0, 0.05) is 13.5 Å². The molecule has 3 nitrogen and oxygen atoms in total. The SMILES string of the molecule is COCC1COC(C)(CC(C)C)O1. The summed E-state index contributed by atoms with van der Waals surface area (Å²) in [4.78, 5) is 0. The Bertz CT molecular complexity index is 158. The van der Waals surface area contributed by atoms with Crippen LogP contribution < -0.4 is 0 Å². The molecule has 0 aromatic carbocycles. The number of methoxy groups -OCH3 is 1.